The van der Waals surface area contributed by atoms with E-state index in [1.165, 1.54) is 13.3 Å². The zero-order valence-electron chi connectivity index (χ0n) is 15.2. The molecule has 0 radical (unpaired) electrons. The largest absolute Gasteiger partial charge is 0.481 e. The Morgan fingerprint density at radius 3 is 2.74 bits per heavy atom. The number of anilines is 1. The van der Waals surface area contributed by atoms with Crippen molar-refractivity contribution in [3.05, 3.63) is 36.9 Å². The molecule has 1 fully saturated rings. The second-order valence-electron chi connectivity index (χ2n) is 6.86. The van der Waals surface area contributed by atoms with Crippen molar-refractivity contribution in [2.24, 2.45) is 5.92 Å². The van der Waals surface area contributed by atoms with Crippen LogP contribution < -0.4 is 9.64 Å². The van der Waals surface area contributed by atoms with E-state index in [4.69, 9.17) is 4.74 Å². The third-order valence-corrected chi connectivity index (χ3v) is 7.03. The van der Waals surface area contributed by atoms with Crippen molar-refractivity contribution in [1.29, 1.82) is 0 Å². The smallest absolute Gasteiger partial charge is 0.212 e. The molecule has 3 heterocycles. The topological polar surface area (TPSA) is 101 Å². The molecule has 1 N–H and O–H groups in total. The number of nitrogens with one attached hydrogen (secondary N) is 1. The average molecular weight is 387 g/mol. The van der Waals surface area contributed by atoms with Gasteiger partial charge in [0.05, 0.1) is 23.1 Å². The van der Waals surface area contributed by atoms with Gasteiger partial charge in [0, 0.05) is 31.5 Å². The molecule has 0 bridgehead atoms. The van der Waals surface area contributed by atoms with E-state index in [1.54, 1.807) is 18.5 Å². The summed E-state index contributed by atoms with van der Waals surface area (Å²) in [7, 11) is 0.146. The number of hydrogen-bond donors (Lipinski definition) is 1. The van der Waals surface area contributed by atoms with E-state index in [2.05, 4.69) is 24.8 Å². The van der Waals surface area contributed by atoms with E-state index >= 15 is 0 Å². The predicted octanol–water partition coefficient (Wildman–Crippen LogP) is 2.05. The summed E-state index contributed by atoms with van der Waals surface area (Å²) in [5.74, 6) is 1.54. The molecule has 0 aromatic carbocycles. The molecule has 3 aromatic heterocycles. The van der Waals surface area contributed by atoms with Crippen LogP contribution in [0.4, 0.5) is 5.82 Å². The number of sulfone groups is 1. The Labute approximate surface area is 157 Å². The maximum atomic E-state index is 12.6. The van der Waals surface area contributed by atoms with Crippen molar-refractivity contribution < 1.29 is 13.2 Å². The minimum Gasteiger partial charge on any atom is -0.481 e. The lowest BCUT2D eigenvalue weighted by molar-refractivity contribution is 0.282. The fraction of sp³-hybridized carbons (Fsp3) is 0.389. The first kappa shape index (κ1) is 17.7. The zero-order valence-corrected chi connectivity index (χ0v) is 16.0. The SMILES string of the molecule is COc1ccc(S(=O)(=O)C[C@H]2C[C@@H](N(C)c3ncnc4[nH]ccc34)C2)cn1. The number of rotatable bonds is 6. The number of aromatic nitrogens is 4. The molecule has 0 atom stereocenters. The van der Waals surface area contributed by atoms with Crippen LogP contribution in [0.3, 0.4) is 0 Å². The first-order valence-electron chi connectivity index (χ1n) is 8.71. The molecule has 1 saturated carbocycles. The maximum Gasteiger partial charge on any atom is 0.212 e. The van der Waals surface area contributed by atoms with Gasteiger partial charge in [0.2, 0.25) is 5.88 Å². The van der Waals surface area contributed by atoms with Crippen molar-refractivity contribution in [2.75, 3.05) is 24.8 Å². The molecule has 0 aliphatic heterocycles. The monoisotopic (exact) mass is 387 g/mol. The van der Waals surface area contributed by atoms with E-state index < -0.39 is 9.84 Å². The molecular formula is C18H21N5O3S. The van der Waals surface area contributed by atoms with Gasteiger partial charge in [-0.05, 0) is 30.9 Å². The molecule has 1 aliphatic rings. The van der Waals surface area contributed by atoms with Crippen LogP contribution >= 0.6 is 0 Å². The van der Waals surface area contributed by atoms with Crippen LogP contribution in [0.15, 0.2) is 41.8 Å². The van der Waals surface area contributed by atoms with Gasteiger partial charge in [-0.15, -0.1) is 0 Å². The normalized spacial score (nSPS) is 19.6. The summed E-state index contributed by atoms with van der Waals surface area (Å²) >= 11 is 0. The summed E-state index contributed by atoms with van der Waals surface area (Å²) in [6.07, 6.45) is 6.38. The van der Waals surface area contributed by atoms with Crippen LogP contribution in [0, 0.1) is 5.92 Å². The molecule has 142 valence electrons. The Hall–Kier alpha value is -2.68. The van der Waals surface area contributed by atoms with Gasteiger partial charge in [-0.2, -0.15) is 0 Å². The molecule has 9 heteroatoms. The third-order valence-electron chi connectivity index (χ3n) is 5.16. The minimum atomic E-state index is -3.35. The molecule has 0 amide bonds. The van der Waals surface area contributed by atoms with Crippen LogP contribution in [0.5, 0.6) is 5.88 Å². The van der Waals surface area contributed by atoms with Crippen molar-refractivity contribution in [3.8, 4) is 5.88 Å². The quantitative estimate of drug-likeness (QED) is 0.691. The Bertz CT molecular complexity index is 1040. The first-order valence-corrected chi connectivity index (χ1v) is 10.4. The van der Waals surface area contributed by atoms with Gasteiger partial charge in [0.25, 0.3) is 0 Å². The first-order chi connectivity index (χ1) is 13.0. The fourth-order valence-electron chi connectivity index (χ4n) is 3.54. The molecule has 0 saturated heterocycles. The van der Waals surface area contributed by atoms with Gasteiger partial charge in [0.15, 0.2) is 9.84 Å². The highest BCUT2D eigenvalue weighted by atomic mass is 32.2. The van der Waals surface area contributed by atoms with E-state index in [0.29, 0.717) is 5.88 Å². The van der Waals surface area contributed by atoms with Crippen LogP contribution in [-0.4, -0.2) is 54.3 Å². The Morgan fingerprint density at radius 2 is 2.04 bits per heavy atom. The van der Waals surface area contributed by atoms with Gasteiger partial charge >= 0.3 is 0 Å². The number of aromatic amines is 1. The second kappa shape index (κ2) is 6.80. The van der Waals surface area contributed by atoms with Gasteiger partial charge in [-0.25, -0.2) is 23.4 Å². The lowest BCUT2D eigenvalue weighted by Gasteiger charge is -2.41. The van der Waals surface area contributed by atoms with E-state index in [1.807, 2.05) is 19.3 Å². The van der Waals surface area contributed by atoms with Gasteiger partial charge in [0.1, 0.15) is 17.8 Å². The Balaban J connectivity index is 1.41. The van der Waals surface area contributed by atoms with Gasteiger partial charge < -0.3 is 14.6 Å². The van der Waals surface area contributed by atoms with Crippen molar-refractivity contribution in [1.82, 2.24) is 19.9 Å². The van der Waals surface area contributed by atoms with Crippen LogP contribution in [0.2, 0.25) is 0 Å². The molecule has 27 heavy (non-hydrogen) atoms. The average Bonchev–Trinajstić information content (AvgIpc) is 3.12. The number of hydrogen-bond acceptors (Lipinski definition) is 7. The maximum absolute atomic E-state index is 12.6. The van der Waals surface area contributed by atoms with Crippen molar-refractivity contribution in [2.45, 2.75) is 23.8 Å². The molecule has 0 unspecified atom stereocenters. The van der Waals surface area contributed by atoms with Crippen LogP contribution in [0.1, 0.15) is 12.8 Å². The van der Waals surface area contributed by atoms with E-state index in [9.17, 15) is 8.42 Å². The molecule has 8 nitrogen and oxygen atoms in total. The summed E-state index contributed by atoms with van der Waals surface area (Å²) < 4.78 is 30.2. The highest BCUT2D eigenvalue weighted by Crippen LogP contribution is 2.36. The number of nitrogens with zero attached hydrogens (tertiary/aromatic N) is 4. The van der Waals surface area contributed by atoms with Crippen molar-refractivity contribution >= 4 is 26.7 Å². The number of fused-ring (bicyclic) bond motifs is 1. The summed E-state index contributed by atoms with van der Waals surface area (Å²) in [5.41, 5.74) is 0.803. The Morgan fingerprint density at radius 1 is 1.22 bits per heavy atom. The zero-order chi connectivity index (χ0) is 19.0. The number of pyridine rings is 1. The summed E-state index contributed by atoms with van der Waals surface area (Å²) in [6, 6.07) is 5.35. The molecule has 3 aromatic rings. The summed E-state index contributed by atoms with van der Waals surface area (Å²) in [4.78, 5) is 18.1. The number of ether oxygens (including phenoxy) is 1. The predicted molar refractivity (Wildman–Crippen MR) is 102 cm³/mol. The van der Waals surface area contributed by atoms with E-state index in [0.717, 1.165) is 29.7 Å². The van der Waals surface area contributed by atoms with Gasteiger partial charge in [-0.1, -0.05) is 0 Å². The lowest BCUT2D eigenvalue weighted by atomic mass is 9.81. The standard InChI is InChI=1S/C18H21N5O3S/c1-23(18-15-5-6-19-17(15)21-11-22-18)13-7-12(8-13)10-27(24,25)14-3-4-16(26-2)20-9-14/h3-6,9,11-13H,7-8,10H2,1-2H3,(H,19,21,22)/t12-,13+. The molecule has 4 rings (SSSR count). The van der Waals surface area contributed by atoms with E-state index in [-0.39, 0.29) is 22.6 Å². The number of methoxy groups -OCH3 is 1. The third kappa shape index (κ3) is 3.34. The fourth-order valence-corrected chi connectivity index (χ4v) is 5.12. The highest BCUT2D eigenvalue weighted by molar-refractivity contribution is 7.91. The summed E-state index contributed by atoms with van der Waals surface area (Å²) in [6.45, 7) is 0. The summed E-state index contributed by atoms with van der Waals surface area (Å²) in [5, 5.41) is 0.973. The van der Waals surface area contributed by atoms with Crippen LogP contribution in [0.25, 0.3) is 11.0 Å². The number of H-pyrrole nitrogens is 1. The molecule has 0 spiro atoms. The minimum absolute atomic E-state index is 0.133. The van der Waals surface area contributed by atoms with Crippen LogP contribution in [-0.2, 0) is 9.84 Å². The van der Waals surface area contributed by atoms with Crippen molar-refractivity contribution in [3.63, 3.8) is 0 Å². The Kier molecular flexibility index (Phi) is 4.47. The molecular weight excluding hydrogens is 366 g/mol. The molecule has 1 aliphatic carbocycles. The second-order valence-corrected chi connectivity index (χ2v) is 8.89. The highest BCUT2D eigenvalue weighted by Gasteiger charge is 2.36. The lowest BCUT2D eigenvalue weighted by Crippen LogP contribution is -2.45. The van der Waals surface area contributed by atoms with Gasteiger partial charge in [-0.3, -0.25) is 0 Å².